The molecule has 1 aromatic heterocycles. The zero-order chi connectivity index (χ0) is 13.5. The predicted molar refractivity (Wildman–Crippen MR) is 74.5 cm³/mol. The molecule has 2 unspecified atom stereocenters. The Bertz CT molecular complexity index is 336. The number of hydrogen-bond acceptors (Lipinski definition) is 3. The highest BCUT2D eigenvalue weighted by Crippen LogP contribution is 2.23. The minimum Gasteiger partial charge on any atom is -0.376 e. The van der Waals surface area contributed by atoms with Gasteiger partial charge in [-0.1, -0.05) is 20.8 Å². The maximum Gasteiger partial charge on any atom is 0.128 e. The van der Waals surface area contributed by atoms with Crippen LogP contribution in [-0.4, -0.2) is 28.8 Å². The lowest BCUT2D eigenvalue weighted by Gasteiger charge is -2.30. The van der Waals surface area contributed by atoms with Crippen LogP contribution in [0.5, 0.6) is 0 Å². The molecule has 1 heterocycles. The van der Waals surface area contributed by atoms with Crippen LogP contribution in [0.3, 0.4) is 0 Å². The van der Waals surface area contributed by atoms with Crippen molar-refractivity contribution in [2.24, 2.45) is 13.0 Å². The molecule has 1 N–H and O–H groups in total. The second-order valence-corrected chi connectivity index (χ2v) is 4.99. The number of hydrogen-bond donors (Lipinski definition) is 1. The van der Waals surface area contributed by atoms with Crippen LogP contribution in [0.2, 0.25) is 0 Å². The highest BCUT2D eigenvalue weighted by molar-refractivity contribution is 5.02. The summed E-state index contributed by atoms with van der Waals surface area (Å²) in [4.78, 5) is 4.48. The molecule has 0 saturated carbocycles. The van der Waals surface area contributed by atoms with Gasteiger partial charge in [-0.2, -0.15) is 0 Å². The van der Waals surface area contributed by atoms with E-state index in [9.17, 15) is 0 Å². The lowest BCUT2D eigenvalue weighted by Crippen LogP contribution is -2.39. The van der Waals surface area contributed by atoms with Crippen LogP contribution in [0.15, 0.2) is 12.4 Å². The summed E-state index contributed by atoms with van der Waals surface area (Å²) in [6.07, 6.45) is 5.10. The van der Waals surface area contributed by atoms with Gasteiger partial charge in [-0.3, -0.25) is 0 Å². The molecule has 0 amide bonds. The molecule has 1 rings (SSSR count). The van der Waals surface area contributed by atoms with Crippen molar-refractivity contribution in [2.75, 3.05) is 13.2 Å². The first-order valence-corrected chi connectivity index (χ1v) is 6.94. The number of nitrogens with zero attached hydrogens (tertiary/aromatic N) is 2. The summed E-state index contributed by atoms with van der Waals surface area (Å²) in [5.74, 6) is 1.51. The van der Waals surface area contributed by atoms with E-state index in [4.69, 9.17) is 4.74 Å². The smallest absolute Gasteiger partial charge is 0.128 e. The first-order valence-electron chi connectivity index (χ1n) is 6.94. The molecule has 1 aromatic rings. The van der Waals surface area contributed by atoms with Crippen LogP contribution in [-0.2, 0) is 11.8 Å². The Morgan fingerprint density at radius 2 is 2.11 bits per heavy atom. The van der Waals surface area contributed by atoms with E-state index in [-0.39, 0.29) is 12.1 Å². The third-order valence-corrected chi connectivity index (χ3v) is 3.10. The van der Waals surface area contributed by atoms with E-state index in [1.54, 1.807) is 0 Å². The molecule has 2 atom stereocenters. The van der Waals surface area contributed by atoms with Crippen LogP contribution >= 0.6 is 0 Å². The van der Waals surface area contributed by atoms with Crippen molar-refractivity contribution in [1.82, 2.24) is 14.9 Å². The molecular weight excluding hydrogens is 226 g/mol. The standard InChI is InChI=1S/C14H27N3O/c1-6-8-15-12(13(11(3)4)18-7-2)14-16-9-10-17(14)5/h9-13,15H,6-8H2,1-5H3. The normalized spacial score (nSPS) is 15.0. The lowest BCUT2D eigenvalue weighted by molar-refractivity contribution is 0.000139. The van der Waals surface area contributed by atoms with Crippen molar-refractivity contribution < 1.29 is 4.74 Å². The largest absolute Gasteiger partial charge is 0.376 e. The molecule has 104 valence electrons. The molecule has 0 saturated heterocycles. The molecular formula is C14H27N3O. The summed E-state index contributed by atoms with van der Waals surface area (Å²) < 4.78 is 8.00. The second-order valence-electron chi connectivity index (χ2n) is 4.99. The zero-order valence-corrected chi connectivity index (χ0v) is 12.3. The molecule has 18 heavy (non-hydrogen) atoms. The highest BCUT2D eigenvalue weighted by atomic mass is 16.5. The molecule has 0 aliphatic carbocycles. The number of aromatic nitrogens is 2. The van der Waals surface area contributed by atoms with Crippen molar-refractivity contribution in [3.63, 3.8) is 0 Å². The molecule has 0 aromatic carbocycles. The third kappa shape index (κ3) is 3.82. The van der Waals surface area contributed by atoms with E-state index >= 15 is 0 Å². The van der Waals surface area contributed by atoms with Crippen molar-refractivity contribution in [3.8, 4) is 0 Å². The van der Waals surface area contributed by atoms with E-state index in [1.165, 1.54) is 0 Å². The number of imidazole rings is 1. The maximum absolute atomic E-state index is 5.93. The first-order chi connectivity index (χ1) is 8.61. The predicted octanol–water partition coefficient (Wildman–Crippen LogP) is 2.52. The third-order valence-electron chi connectivity index (χ3n) is 3.10. The van der Waals surface area contributed by atoms with Crippen molar-refractivity contribution in [3.05, 3.63) is 18.2 Å². The van der Waals surface area contributed by atoms with Crippen LogP contribution in [0.25, 0.3) is 0 Å². The van der Waals surface area contributed by atoms with Crippen LogP contribution < -0.4 is 5.32 Å². The van der Waals surface area contributed by atoms with Crippen molar-refractivity contribution in [1.29, 1.82) is 0 Å². The summed E-state index contributed by atoms with van der Waals surface area (Å²) in [5.41, 5.74) is 0. The van der Waals surface area contributed by atoms with E-state index < -0.39 is 0 Å². The van der Waals surface area contributed by atoms with Gasteiger partial charge in [0.05, 0.1) is 12.1 Å². The SMILES string of the molecule is CCCNC(c1nccn1C)C(OCC)C(C)C. The van der Waals surface area contributed by atoms with Crippen LogP contribution in [0, 0.1) is 5.92 Å². The van der Waals surface area contributed by atoms with E-state index in [2.05, 4.69) is 35.6 Å². The Kier molecular flexibility index (Phi) is 6.36. The maximum atomic E-state index is 5.93. The van der Waals surface area contributed by atoms with Gasteiger partial charge in [0.1, 0.15) is 5.82 Å². The average Bonchev–Trinajstić information content (AvgIpc) is 2.74. The monoisotopic (exact) mass is 253 g/mol. The van der Waals surface area contributed by atoms with Gasteiger partial charge < -0.3 is 14.6 Å². The van der Waals surface area contributed by atoms with Gasteiger partial charge in [-0.15, -0.1) is 0 Å². The van der Waals surface area contributed by atoms with Crippen LogP contribution in [0.1, 0.15) is 46.0 Å². The van der Waals surface area contributed by atoms with Gasteiger partial charge in [0, 0.05) is 26.0 Å². The Morgan fingerprint density at radius 1 is 1.39 bits per heavy atom. The molecule has 4 nitrogen and oxygen atoms in total. The van der Waals surface area contributed by atoms with Crippen LogP contribution in [0.4, 0.5) is 0 Å². The van der Waals surface area contributed by atoms with Crippen molar-refractivity contribution in [2.45, 2.75) is 46.3 Å². The minimum atomic E-state index is 0.155. The number of rotatable bonds is 8. The fourth-order valence-electron chi connectivity index (χ4n) is 2.20. The summed E-state index contributed by atoms with van der Waals surface area (Å²) in [5, 5.41) is 3.57. The van der Waals surface area contributed by atoms with E-state index in [0.717, 1.165) is 25.4 Å². The van der Waals surface area contributed by atoms with Crippen molar-refractivity contribution >= 4 is 0 Å². The van der Waals surface area contributed by atoms with Gasteiger partial charge in [0.25, 0.3) is 0 Å². The first kappa shape index (κ1) is 15.2. The number of aryl methyl sites for hydroxylation is 1. The van der Waals surface area contributed by atoms with Gasteiger partial charge in [0.15, 0.2) is 0 Å². The molecule has 0 radical (unpaired) electrons. The quantitative estimate of drug-likeness (QED) is 0.774. The topological polar surface area (TPSA) is 39.1 Å². The Labute approximate surface area is 111 Å². The Balaban J connectivity index is 2.91. The van der Waals surface area contributed by atoms with Gasteiger partial charge in [0.2, 0.25) is 0 Å². The molecule has 0 bridgehead atoms. The summed E-state index contributed by atoms with van der Waals surface area (Å²) in [7, 11) is 2.03. The van der Waals surface area contributed by atoms with Gasteiger partial charge in [-0.25, -0.2) is 4.98 Å². The van der Waals surface area contributed by atoms with E-state index in [1.807, 2.05) is 26.4 Å². The summed E-state index contributed by atoms with van der Waals surface area (Å²) in [6, 6.07) is 0.157. The molecule has 0 aliphatic heterocycles. The zero-order valence-electron chi connectivity index (χ0n) is 12.3. The summed E-state index contributed by atoms with van der Waals surface area (Å²) >= 11 is 0. The van der Waals surface area contributed by atoms with E-state index in [0.29, 0.717) is 5.92 Å². The minimum absolute atomic E-state index is 0.155. The van der Waals surface area contributed by atoms with Gasteiger partial charge >= 0.3 is 0 Å². The highest BCUT2D eigenvalue weighted by Gasteiger charge is 2.28. The van der Waals surface area contributed by atoms with Gasteiger partial charge in [-0.05, 0) is 25.8 Å². The average molecular weight is 253 g/mol. The fraction of sp³-hybridized carbons (Fsp3) is 0.786. The number of nitrogens with one attached hydrogen (secondary N) is 1. The number of ether oxygens (including phenoxy) is 1. The lowest BCUT2D eigenvalue weighted by atomic mass is 9.98. The molecule has 4 heteroatoms. The summed E-state index contributed by atoms with van der Waals surface area (Å²) in [6.45, 7) is 10.3. The molecule has 0 aliphatic rings. The Morgan fingerprint density at radius 3 is 2.56 bits per heavy atom. The fourth-order valence-corrected chi connectivity index (χ4v) is 2.20. The second kappa shape index (κ2) is 7.54. The molecule has 0 fully saturated rings. The molecule has 0 spiro atoms. The Hall–Kier alpha value is -0.870.